The number of benzene rings is 1. The summed E-state index contributed by atoms with van der Waals surface area (Å²) in [5.74, 6) is -2.43. The van der Waals surface area contributed by atoms with Crippen LogP contribution in [0.2, 0.25) is 0 Å². The lowest BCUT2D eigenvalue weighted by Gasteiger charge is -2.39. The van der Waals surface area contributed by atoms with Gasteiger partial charge in [0.05, 0.1) is 11.5 Å². The van der Waals surface area contributed by atoms with Crippen molar-refractivity contribution in [1.82, 2.24) is 4.90 Å². The van der Waals surface area contributed by atoms with Crippen LogP contribution in [0.5, 0.6) is 0 Å². The number of halogens is 2. The van der Waals surface area contributed by atoms with Crippen LogP contribution < -0.4 is 5.73 Å². The number of hydrogen-bond acceptors (Lipinski definition) is 5. The molecule has 1 saturated heterocycles. The van der Waals surface area contributed by atoms with Crippen molar-refractivity contribution in [3.63, 3.8) is 0 Å². The van der Waals surface area contributed by atoms with E-state index < -0.39 is 23.1 Å². The molecule has 1 amide bonds. The van der Waals surface area contributed by atoms with Crippen molar-refractivity contribution in [3.05, 3.63) is 35.4 Å². The smallest absolute Gasteiger partial charge is 0.309 e. The molecule has 186 valence electrons. The summed E-state index contributed by atoms with van der Waals surface area (Å²) in [4.78, 5) is 39.4. The largest absolute Gasteiger partial charge is 0.449 e. The number of carbonyl (C=O) groups excluding carboxylic acids is 3. The molecule has 1 heterocycles. The minimum atomic E-state index is -1.16. The van der Waals surface area contributed by atoms with Crippen LogP contribution in [0.25, 0.3) is 0 Å². The monoisotopic (exact) mass is 476 g/mol. The molecule has 6 nitrogen and oxygen atoms in total. The first-order chi connectivity index (χ1) is 16.3. The van der Waals surface area contributed by atoms with Crippen LogP contribution in [0, 0.1) is 29.4 Å². The van der Waals surface area contributed by atoms with E-state index in [2.05, 4.69) is 4.90 Å². The lowest BCUT2D eigenvalue weighted by Crippen LogP contribution is -2.51. The fraction of sp³-hybridized carbons (Fsp3) is 0.654. The summed E-state index contributed by atoms with van der Waals surface area (Å²) in [6, 6.07) is 3.11. The molecule has 0 bridgehead atoms. The summed E-state index contributed by atoms with van der Waals surface area (Å²) < 4.78 is 32.8. The zero-order chi connectivity index (χ0) is 24.3. The Hall–Kier alpha value is -2.35. The van der Waals surface area contributed by atoms with Gasteiger partial charge in [-0.15, -0.1) is 0 Å². The number of nitrogens with zero attached hydrogens (tertiary/aromatic N) is 1. The Kier molecular flexibility index (Phi) is 7.65. The molecule has 2 aliphatic carbocycles. The number of nitrogens with two attached hydrogens (primary N) is 1. The quantitative estimate of drug-likeness (QED) is 0.452. The van der Waals surface area contributed by atoms with Crippen LogP contribution in [-0.4, -0.2) is 47.8 Å². The van der Waals surface area contributed by atoms with Gasteiger partial charge in [0.15, 0.2) is 11.4 Å². The molecule has 8 heteroatoms. The number of esters is 1. The van der Waals surface area contributed by atoms with E-state index in [0.29, 0.717) is 31.6 Å². The van der Waals surface area contributed by atoms with E-state index >= 15 is 0 Å². The van der Waals surface area contributed by atoms with Crippen LogP contribution in [0.15, 0.2) is 18.2 Å². The number of Topliss-reactive ketones (excluding diaryl/α,β-unsaturated/α-hetero) is 1. The van der Waals surface area contributed by atoms with Crippen molar-refractivity contribution >= 4 is 17.7 Å². The van der Waals surface area contributed by atoms with Gasteiger partial charge in [-0.3, -0.25) is 14.4 Å². The number of likely N-dealkylation sites (tertiary alicyclic amines) is 1. The summed E-state index contributed by atoms with van der Waals surface area (Å²) in [6.07, 6.45) is 7.51. The molecule has 0 unspecified atom stereocenters. The minimum absolute atomic E-state index is 0.0296. The van der Waals surface area contributed by atoms with Gasteiger partial charge in [0.1, 0.15) is 11.6 Å². The maximum atomic E-state index is 14.0. The van der Waals surface area contributed by atoms with Crippen molar-refractivity contribution in [1.29, 1.82) is 0 Å². The maximum Gasteiger partial charge on any atom is 0.309 e. The summed E-state index contributed by atoms with van der Waals surface area (Å²) in [6.45, 7) is 2.41. The normalized spacial score (nSPS) is 26.6. The molecule has 0 atom stereocenters. The highest BCUT2D eigenvalue weighted by Crippen LogP contribution is 2.39. The number of amides is 1. The maximum absolute atomic E-state index is 14.0. The molecule has 34 heavy (non-hydrogen) atoms. The van der Waals surface area contributed by atoms with E-state index in [4.69, 9.17) is 10.5 Å². The van der Waals surface area contributed by atoms with Gasteiger partial charge in [0.2, 0.25) is 0 Å². The molecule has 3 aliphatic rings. The fourth-order valence-corrected chi connectivity index (χ4v) is 5.44. The number of hydrogen-bond donors (Lipinski definition) is 1. The Balaban J connectivity index is 1.20. The van der Waals surface area contributed by atoms with Crippen molar-refractivity contribution < 1.29 is 27.9 Å². The van der Waals surface area contributed by atoms with Crippen LogP contribution >= 0.6 is 0 Å². The average Bonchev–Trinajstić information content (AvgIpc) is 2.77. The van der Waals surface area contributed by atoms with Crippen molar-refractivity contribution in [2.24, 2.45) is 23.5 Å². The number of ether oxygens (including phenoxy) is 1. The van der Waals surface area contributed by atoms with Gasteiger partial charge in [-0.05, 0) is 95.5 Å². The Labute approximate surface area is 199 Å². The first-order valence-electron chi connectivity index (χ1n) is 12.5. The molecular formula is C26H34F2N2O4. The molecule has 2 saturated carbocycles. The first kappa shape index (κ1) is 24.8. The van der Waals surface area contributed by atoms with Gasteiger partial charge in [-0.1, -0.05) is 6.42 Å². The SMILES string of the molecule is NC(=O)C1(OC(=O)C2CCC2)CCC(CCN2CCC(C(=O)c3ccc(F)cc3F)CC2)CC1. The standard InChI is InChI=1S/C26H34F2N2O4/c27-20-4-5-21(22(28)16-20)23(31)18-9-14-30(15-10-18)13-8-17-6-11-26(12-7-17,25(29)33)34-24(32)19-2-1-3-19/h4-5,16-19H,1-3,6-15H2,(H2,29,33). The first-order valence-corrected chi connectivity index (χ1v) is 12.5. The second-order valence-electron chi connectivity index (χ2n) is 10.2. The summed E-state index contributed by atoms with van der Waals surface area (Å²) in [5.41, 5.74) is 4.46. The summed E-state index contributed by atoms with van der Waals surface area (Å²) in [7, 11) is 0. The Morgan fingerprint density at radius 2 is 1.68 bits per heavy atom. The van der Waals surface area contributed by atoms with Gasteiger partial charge < -0.3 is 15.4 Å². The predicted molar refractivity (Wildman–Crippen MR) is 122 cm³/mol. The van der Waals surface area contributed by atoms with Crippen LogP contribution in [0.1, 0.15) is 74.6 Å². The Bertz CT molecular complexity index is 917. The zero-order valence-electron chi connectivity index (χ0n) is 19.6. The van der Waals surface area contributed by atoms with Gasteiger partial charge in [-0.2, -0.15) is 0 Å². The fourth-order valence-electron chi connectivity index (χ4n) is 5.44. The second-order valence-corrected chi connectivity index (χ2v) is 10.2. The molecular weight excluding hydrogens is 442 g/mol. The molecule has 3 fully saturated rings. The van der Waals surface area contributed by atoms with Gasteiger partial charge >= 0.3 is 5.97 Å². The summed E-state index contributed by atoms with van der Waals surface area (Å²) >= 11 is 0. The van der Waals surface area contributed by atoms with Crippen LogP contribution in [0.3, 0.4) is 0 Å². The number of primary amides is 1. The molecule has 1 aliphatic heterocycles. The number of rotatable bonds is 8. The highest BCUT2D eigenvalue weighted by Gasteiger charge is 2.45. The molecule has 2 N–H and O–H groups in total. The van der Waals surface area contributed by atoms with E-state index in [0.717, 1.165) is 70.3 Å². The third kappa shape index (κ3) is 5.48. The molecule has 0 spiro atoms. The predicted octanol–water partition coefficient (Wildman–Crippen LogP) is 4.01. The lowest BCUT2D eigenvalue weighted by molar-refractivity contribution is -0.178. The average molecular weight is 477 g/mol. The lowest BCUT2D eigenvalue weighted by atomic mass is 9.76. The van der Waals surface area contributed by atoms with Crippen molar-refractivity contribution in [2.75, 3.05) is 19.6 Å². The number of ketones is 1. The number of piperidine rings is 1. The van der Waals surface area contributed by atoms with E-state index in [1.54, 1.807) is 0 Å². The topological polar surface area (TPSA) is 89.7 Å². The van der Waals surface area contributed by atoms with E-state index in [9.17, 15) is 23.2 Å². The van der Waals surface area contributed by atoms with Gasteiger partial charge in [-0.25, -0.2) is 8.78 Å². The minimum Gasteiger partial charge on any atom is -0.449 e. The highest BCUT2D eigenvalue weighted by molar-refractivity contribution is 5.98. The van der Waals surface area contributed by atoms with Crippen molar-refractivity contribution in [3.8, 4) is 0 Å². The Morgan fingerprint density at radius 1 is 1.00 bits per heavy atom. The molecule has 1 aromatic rings. The molecule has 0 aromatic heterocycles. The van der Waals surface area contributed by atoms with E-state index in [1.807, 2.05) is 0 Å². The second kappa shape index (κ2) is 10.5. The van der Waals surface area contributed by atoms with E-state index in [1.165, 1.54) is 6.07 Å². The molecule has 1 aromatic carbocycles. The molecule has 0 radical (unpaired) electrons. The van der Waals surface area contributed by atoms with Crippen LogP contribution in [-0.2, 0) is 14.3 Å². The van der Waals surface area contributed by atoms with Crippen LogP contribution in [0.4, 0.5) is 8.78 Å². The van der Waals surface area contributed by atoms with Gasteiger partial charge in [0.25, 0.3) is 5.91 Å². The van der Waals surface area contributed by atoms with E-state index in [-0.39, 0.29) is 29.2 Å². The highest BCUT2D eigenvalue weighted by atomic mass is 19.1. The van der Waals surface area contributed by atoms with Crippen molar-refractivity contribution in [2.45, 2.75) is 69.8 Å². The van der Waals surface area contributed by atoms with Gasteiger partial charge in [0, 0.05) is 12.0 Å². The third-order valence-corrected chi connectivity index (χ3v) is 8.10. The summed E-state index contributed by atoms with van der Waals surface area (Å²) in [5, 5.41) is 0. The molecule has 4 rings (SSSR count). The number of carbonyl (C=O) groups is 3. The third-order valence-electron chi connectivity index (χ3n) is 8.10. The zero-order valence-corrected chi connectivity index (χ0v) is 19.6. The Morgan fingerprint density at radius 3 is 2.24 bits per heavy atom.